The first-order valence-electron chi connectivity index (χ1n) is 4.64. The SMILES string of the molecule is Cc1c(C(F)F)ncc(CC(=O)O)c1CN. The van der Waals surface area contributed by atoms with Crippen molar-refractivity contribution < 1.29 is 18.7 Å². The Morgan fingerprint density at radius 3 is 2.69 bits per heavy atom. The number of alkyl halides is 2. The highest BCUT2D eigenvalue weighted by Gasteiger charge is 2.18. The molecule has 1 aromatic rings. The molecule has 0 fully saturated rings. The first-order chi connectivity index (χ1) is 7.47. The number of halogens is 2. The molecule has 1 rings (SSSR count). The first-order valence-corrected chi connectivity index (χ1v) is 4.64. The van der Waals surface area contributed by atoms with Crippen LogP contribution in [-0.2, 0) is 17.8 Å². The molecule has 6 heteroatoms. The third-order valence-electron chi connectivity index (χ3n) is 2.34. The van der Waals surface area contributed by atoms with Gasteiger partial charge in [-0.3, -0.25) is 9.78 Å². The lowest BCUT2D eigenvalue weighted by Crippen LogP contribution is -2.12. The monoisotopic (exact) mass is 230 g/mol. The van der Waals surface area contributed by atoms with E-state index in [1.165, 1.54) is 6.92 Å². The number of carbonyl (C=O) groups is 1. The number of hydrogen-bond donors (Lipinski definition) is 2. The maximum atomic E-state index is 12.5. The van der Waals surface area contributed by atoms with Crippen molar-refractivity contribution in [2.75, 3.05) is 0 Å². The topological polar surface area (TPSA) is 76.2 Å². The summed E-state index contributed by atoms with van der Waals surface area (Å²) in [5.41, 5.74) is 6.19. The van der Waals surface area contributed by atoms with Gasteiger partial charge in [-0.05, 0) is 23.6 Å². The minimum Gasteiger partial charge on any atom is -0.481 e. The van der Waals surface area contributed by atoms with Crippen LogP contribution in [0.2, 0.25) is 0 Å². The van der Waals surface area contributed by atoms with Gasteiger partial charge in [0, 0.05) is 12.7 Å². The van der Waals surface area contributed by atoms with Crippen molar-refractivity contribution in [3.63, 3.8) is 0 Å². The average Bonchev–Trinajstić information content (AvgIpc) is 2.16. The molecule has 0 atom stereocenters. The second-order valence-corrected chi connectivity index (χ2v) is 3.35. The number of aromatic nitrogens is 1. The molecule has 16 heavy (non-hydrogen) atoms. The van der Waals surface area contributed by atoms with Crippen LogP contribution in [0.4, 0.5) is 8.78 Å². The lowest BCUT2D eigenvalue weighted by atomic mass is 10.0. The summed E-state index contributed by atoms with van der Waals surface area (Å²) in [7, 11) is 0. The lowest BCUT2D eigenvalue weighted by molar-refractivity contribution is -0.136. The summed E-state index contributed by atoms with van der Waals surface area (Å²) in [6, 6.07) is 0. The van der Waals surface area contributed by atoms with Gasteiger partial charge in [0.1, 0.15) is 5.69 Å². The molecular weight excluding hydrogens is 218 g/mol. The summed E-state index contributed by atoms with van der Waals surface area (Å²) in [6.45, 7) is 1.50. The summed E-state index contributed by atoms with van der Waals surface area (Å²) in [4.78, 5) is 14.1. The summed E-state index contributed by atoms with van der Waals surface area (Å²) in [5, 5.41) is 8.64. The van der Waals surface area contributed by atoms with Crippen molar-refractivity contribution in [2.24, 2.45) is 5.73 Å². The molecular formula is C10H12F2N2O2. The Hall–Kier alpha value is -1.56. The molecule has 0 bridgehead atoms. The molecule has 0 radical (unpaired) electrons. The maximum absolute atomic E-state index is 12.5. The Kier molecular flexibility index (Phi) is 3.89. The van der Waals surface area contributed by atoms with E-state index in [4.69, 9.17) is 10.8 Å². The molecule has 88 valence electrons. The number of carboxylic acids is 1. The maximum Gasteiger partial charge on any atom is 0.307 e. The summed E-state index contributed by atoms with van der Waals surface area (Å²) in [5.74, 6) is -1.04. The van der Waals surface area contributed by atoms with Gasteiger partial charge in [0.25, 0.3) is 6.43 Å². The van der Waals surface area contributed by atoms with E-state index >= 15 is 0 Å². The van der Waals surface area contributed by atoms with Gasteiger partial charge in [-0.25, -0.2) is 8.78 Å². The number of aliphatic carboxylic acids is 1. The Balaban J connectivity index is 3.23. The fourth-order valence-corrected chi connectivity index (χ4v) is 1.54. The van der Waals surface area contributed by atoms with Crippen molar-refractivity contribution in [3.05, 3.63) is 28.6 Å². The Morgan fingerprint density at radius 2 is 2.25 bits per heavy atom. The van der Waals surface area contributed by atoms with Crippen molar-refractivity contribution in [1.29, 1.82) is 0 Å². The van der Waals surface area contributed by atoms with Crippen LogP contribution >= 0.6 is 0 Å². The molecule has 1 aromatic heterocycles. The standard InChI is InChI=1S/C10H12F2N2O2/c1-5-7(3-13)6(2-8(15)16)4-14-9(5)10(11)12/h4,10H,2-3,13H2,1H3,(H,15,16). The van der Waals surface area contributed by atoms with E-state index in [2.05, 4.69) is 4.98 Å². The highest BCUT2D eigenvalue weighted by molar-refractivity contribution is 5.70. The van der Waals surface area contributed by atoms with Gasteiger partial charge in [-0.2, -0.15) is 0 Å². The van der Waals surface area contributed by atoms with Crippen molar-refractivity contribution in [1.82, 2.24) is 4.98 Å². The smallest absolute Gasteiger partial charge is 0.307 e. The zero-order valence-corrected chi connectivity index (χ0v) is 8.70. The normalized spacial score (nSPS) is 10.8. The van der Waals surface area contributed by atoms with Gasteiger partial charge < -0.3 is 10.8 Å². The highest BCUT2D eigenvalue weighted by atomic mass is 19.3. The molecule has 0 unspecified atom stereocenters. The van der Waals surface area contributed by atoms with E-state index in [0.29, 0.717) is 11.1 Å². The Morgan fingerprint density at radius 1 is 1.62 bits per heavy atom. The quantitative estimate of drug-likeness (QED) is 0.820. The molecule has 3 N–H and O–H groups in total. The number of carboxylic acid groups (broad SMARTS) is 1. The zero-order valence-electron chi connectivity index (χ0n) is 8.70. The van der Waals surface area contributed by atoms with Gasteiger partial charge in [-0.1, -0.05) is 0 Å². The predicted molar refractivity (Wildman–Crippen MR) is 53.2 cm³/mol. The van der Waals surface area contributed by atoms with E-state index < -0.39 is 12.4 Å². The minimum absolute atomic E-state index is 0.0245. The number of nitrogens with zero attached hydrogens (tertiary/aromatic N) is 1. The number of nitrogens with two attached hydrogens (primary N) is 1. The molecule has 0 spiro atoms. The highest BCUT2D eigenvalue weighted by Crippen LogP contribution is 2.24. The van der Waals surface area contributed by atoms with Crippen molar-refractivity contribution in [3.8, 4) is 0 Å². The van der Waals surface area contributed by atoms with Crippen LogP contribution in [-0.4, -0.2) is 16.1 Å². The minimum atomic E-state index is -2.68. The largest absolute Gasteiger partial charge is 0.481 e. The second kappa shape index (κ2) is 4.98. The lowest BCUT2D eigenvalue weighted by Gasteiger charge is -2.12. The van der Waals surface area contributed by atoms with E-state index in [9.17, 15) is 13.6 Å². The summed E-state index contributed by atoms with van der Waals surface area (Å²) in [6.07, 6.45) is -1.78. The Bertz CT molecular complexity index is 408. The first kappa shape index (κ1) is 12.5. The van der Waals surface area contributed by atoms with Crippen LogP contribution in [0.3, 0.4) is 0 Å². The fraction of sp³-hybridized carbons (Fsp3) is 0.400. The van der Waals surface area contributed by atoms with Crippen molar-refractivity contribution in [2.45, 2.75) is 26.3 Å². The zero-order chi connectivity index (χ0) is 12.3. The van der Waals surface area contributed by atoms with Gasteiger partial charge >= 0.3 is 5.97 Å². The molecule has 4 nitrogen and oxygen atoms in total. The van der Waals surface area contributed by atoms with Crippen LogP contribution in [0.1, 0.15) is 28.8 Å². The Labute approximate surface area is 91.1 Å². The molecule has 1 heterocycles. The molecule has 0 saturated heterocycles. The number of hydrogen-bond acceptors (Lipinski definition) is 3. The van der Waals surface area contributed by atoms with Crippen LogP contribution in [0.5, 0.6) is 0 Å². The van der Waals surface area contributed by atoms with Gasteiger partial charge in [-0.15, -0.1) is 0 Å². The average molecular weight is 230 g/mol. The van der Waals surface area contributed by atoms with Crippen LogP contribution in [0, 0.1) is 6.92 Å². The second-order valence-electron chi connectivity index (χ2n) is 3.35. The number of rotatable bonds is 4. The molecule has 0 amide bonds. The molecule has 0 aliphatic carbocycles. The molecule has 0 aliphatic heterocycles. The van der Waals surface area contributed by atoms with Crippen LogP contribution in [0.25, 0.3) is 0 Å². The van der Waals surface area contributed by atoms with Gasteiger partial charge in [0.2, 0.25) is 0 Å². The number of pyridine rings is 1. The van der Waals surface area contributed by atoms with E-state index in [1.54, 1.807) is 0 Å². The molecule has 0 aromatic carbocycles. The van der Waals surface area contributed by atoms with E-state index in [1.807, 2.05) is 0 Å². The van der Waals surface area contributed by atoms with Gasteiger partial charge in [0.05, 0.1) is 6.42 Å². The van der Waals surface area contributed by atoms with Crippen LogP contribution in [0.15, 0.2) is 6.20 Å². The third kappa shape index (κ3) is 2.52. The van der Waals surface area contributed by atoms with Crippen LogP contribution < -0.4 is 5.73 Å². The summed E-state index contributed by atoms with van der Waals surface area (Å²) >= 11 is 0. The van der Waals surface area contributed by atoms with Gasteiger partial charge in [0.15, 0.2) is 0 Å². The van der Waals surface area contributed by atoms with E-state index in [-0.39, 0.29) is 24.2 Å². The third-order valence-corrected chi connectivity index (χ3v) is 2.34. The molecule has 0 saturated carbocycles. The van der Waals surface area contributed by atoms with Crippen molar-refractivity contribution >= 4 is 5.97 Å². The fourth-order valence-electron chi connectivity index (χ4n) is 1.54. The predicted octanol–water partition coefficient (Wildman–Crippen LogP) is 1.41. The van der Waals surface area contributed by atoms with E-state index in [0.717, 1.165) is 6.20 Å². The summed E-state index contributed by atoms with van der Waals surface area (Å²) < 4.78 is 25.0. The molecule has 0 aliphatic rings.